The largest absolute Gasteiger partial charge is 0.308 e. The van der Waals surface area contributed by atoms with Crippen LogP contribution in [0.15, 0.2) is 5.38 Å². The van der Waals surface area contributed by atoms with E-state index >= 15 is 0 Å². The Labute approximate surface area is 101 Å². The van der Waals surface area contributed by atoms with Crippen molar-refractivity contribution in [1.29, 1.82) is 0 Å². The Morgan fingerprint density at radius 2 is 2.25 bits per heavy atom. The minimum atomic E-state index is 0.759. The summed E-state index contributed by atoms with van der Waals surface area (Å²) >= 11 is 1.87. The van der Waals surface area contributed by atoms with Gasteiger partial charge in [-0.05, 0) is 31.6 Å². The van der Waals surface area contributed by atoms with Crippen molar-refractivity contribution in [2.45, 2.75) is 57.5 Å². The molecule has 0 amide bonds. The van der Waals surface area contributed by atoms with Gasteiger partial charge in [0.1, 0.15) is 0 Å². The van der Waals surface area contributed by atoms with Gasteiger partial charge in [-0.15, -0.1) is 11.3 Å². The van der Waals surface area contributed by atoms with Crippen LogP contribution >= 0.6 is 11.3 Å². The van der Waals surface area contributed by atoms with Crippen molar-refractivity contribution in [1.82, 2.24) is 10.3 Å². The van der Waals surface area contributed by atoms with Crippen LogP contribution in [0.3, 0.4) is 0 Å². The molecular weight excluding hydrogens is 216 g/mol. The molecule has 0 spiro atoms. The van der Waals surface area contributed by atoms with E-state index in [1.54, 1.807) is 0 Å². The maximum absolute atomic E-state index is 4.78. The highest BCUT2D eigenvalue weighted by molar-refractivity contribution is 7.09. The third-order valence-electron chi connectivity index (χ3n) is 3.76. The van der Waals surface area contributed by atoms with E-state index in [-0.39, 0.29) is 0 Å². The van der Waals surface area contributed by atoms with Gasteiger partial charge in [-0.25, -0.2) is 4.98 Å². The maximum atomic E-state index is 4.78. The molecular formula is C13H20N2S. The minimum absolute atomic E-state index is 0.759. The first-order valence-corrected chi connectivity index (χ1v) is 7.37. The molecule has 2 aliphatic rings. The quantitative estimate of drug-likeness (QED) is 0.867. The standard InChI is InChI=1S/C13H20N2S/c1-9-2-3-10(6-9)13-15-12(8-16-13)7-14-11-4-5-11/h8-11,14H,2-7H2,1H3. The minimum Gasteiger partial charge on any atom is -0.308 e. The second kappa shape index (κ2) is 4.46. The number of thiazole rings is 1. The summed E-state index contributed by atoms with van der Waals surface area (Å²) in [4.78, 5) is 4.78. The van der Waals surface area contributed by atoms with E-state index in [0.717, 1.165) is 24.4 Å². The van der Waals surface area contributed by atoms with Crippen LogP contribution in [0.2, 0.25) is 0 Å². The van der Waals surface area contributed by atoms with Gasteiger partial charge < -0.3 is 5.32 Å². The molecule has 3 rings (SSSR count). The fourth-order valence-corrected chi connectivity index (χ4v) is 3.53. The van der Waals surface area contributed by atoms with Gasteiger partial charge in [0.25, 0.3) is 0 Å². The van der Waals surface area contributed by atoms with Crippen molar-refractivity contribution in [2.24, 2.45) is 5.92 Å². The predicted molar refractivity (Wildman–Crippen MR) is 67.7 cm³/mol. The molecule has 2 aliphatic carbocycles. The summed E-state index contributed by atoms with van der Waals surface area (Å²) < 4.78 is 0. The Hall–Kier alpha value is -0.410. The number of rotatable bonds is 4. The highest BCUT2D eigenvalue weighted by Gasteiger charge is 2.25. The zero-order valence-corrected chi connectivity index (χ0v) is 10.7. The lowest BCUT2D eigenvalue weighted by Gasteiger charge is -2.04. The molecule has 2 fully saturated rings. The van der Waals surface area contributed by atoms with Crippen molar-refractivity contribution >= 4 is 11.3 Å². The summed E-state index contributed by atoms with van der Waals surface area (Å²) in [6.07, 6.45) is 6.81. The maximum Gasteiger partial charge on any atom is 0.0959 e. The third kappa shape index (κ3) is 2.46. The first kappa shape index (κ1) is 10.7. The van der Waals surface area contributed by atoms with Gasteiger partial charge in [-0.1, -0.05) is 13.3 Å². The van der Waals surface area contributed by atoms with Crippen LogP contribution in [0, 0.1) is 5.92 Å². The fourth-order valence-electron chi connectivity index (χ4n) is 2.56. The van der Waals surface area contributed by atoms with Gasteiger partial charge >= 0.3 is 0 Å². The average molecular weight is 236 g/mol. The molecule has 2 atom stereocenters. The molecule has 2 nitrogen and oxygen atoms in total. The molecule has 1 aromatic rings. The lowest BCUT2D eigenvalue weighted by atomic mass is 10.1. The molecule has 1 heterocycles. The topological polar surface area (TPSA) is 24.9 Å². The lowest BCUT2D eigenvalue weighted by Crippen LogP contribution is -2.15. The smallest absolute Gasteiger partial charge is 0.0959 e. The predicted octanol–water partition coefficient (Wildman–Crippen LogP) is 3.30. The number of hydrogen-bond acceptors (Lipinski definition) is 3. The van der Waals surface area contributed by atoms with E-state index in [0.29, 0.717) is 0 Å². The van der Waals surface area contributed by atoms with Crippen molar-refractivity contribution in [3.05, 3.63) is 16.1 Å². The molecule has 88 valence electrons. The van der Waals surface area contributed by atoms with Crippen molar-refractivity contribution < 1.29 is 0 Å². The first-order valence-electron chi connectivity index (χ1n) is 6.49. The molecule has 0 aliphatic heterocycles. The highest BCUT2D eigenvalue weighted by Crippen LogP contribution is 2.39. The van der Waals surface area contributed by atoms with Crippen molar-refractivity contribution in [3.8, 4) is 0 Å². The number of aromatic nitrogens is 1. The van der Waals surface area contributed by atoms with Crippen LogP contribution in [0.4, 0.5) is 0 Å². The van der Waals surface area contributed by atoms with Gasteiger partial charge in [-0.2, -0.15) is 0 Å². The van der Waals surface area contributed by atoms with E-state index in [1.807, 2.05) is 11.3 Å². The van der Waals surface area contributed by atoms with E-state index in [2.05, 4.69) is 17.6 Å². The summed E-state index contributed by atoms with van der Waals surface area (Å²) in [6, 6.07) is 0.789. The summed E-state index contributed by atoms with van der Waals surface area (Å²) in [6.45, 7) is 3.34. The molecule has 0 radical (unpaired) electrons. The number of nitrogens with zero attached hydrogens (tertiary/aromatic N) is 1. The number of nitrogens with one attached hydrogen (secondary N) is 1. The zero-order chi connectivity index (χ0) is 11.0. The Morgan fingerprint density at radius 1 is 1.38 bits per heavy atom. The van der Waals surface area contributed by atoms with E-state index in [9.17, 15) is 0 Å². The molecule has 2 saturated carbocycles. The Bertz CT molecular complexity index is 357. The van der Waals surface area contributed by atoms with E-state index in [4.69, 9.17) is 4.98 Å². The van der Waals surface area contributed by atoms with Gasteiger partial charge in [0.15, 0.2) is 0 Å². The second-order valence-electron chi connectivity index (χ2n) is 5.45. The average Bonchev–Trinajstić information content (AvgIpc) is 2.81. The SMILES string of the molecule is CC1CCC(c2nc(CNC3CC3)cs2)C1. The summed E-state index contributed by atoms with van der Waals surface area (Å²) in [7, 11) is 0. The Balaban J connectivity index is 1.58. The van der Waals surface area contributed by atoms with Gasteiger partial charge in [0, 0.05) is 23.9 Å². The molecule has 0 saturated heterocycles. The molecule has 0 bridgehead atoms. The van der Waals surface area contributed by atoms with Crippen LogP contribution in [0.1, 0.15) is 55.6 Å². The van der Waals surface area contributed by atoms with Gasteiger partial charge in [0.2, 0.25) is 0 Å². The molecule has 0 aromatic carbocycles. The van der Waals surface area contributed by atoms with Gasteiger partial charge in [0.05, 0.1) is 10.7 Å². The highest BCUT2D eigenvalue weighted by atomic mass is 32.1. The zero-order valence-electron chi connectivity index (χ0n) is 9.91. The van der Waals surface area contributed by atoms with E-state index < -0.39 is 0 Å². The monoisotopic (exact) mass is 236 g/mol. The Kier molecular flexibility index (Phi) is 2.99. The molecule has 3 heteroatoms. The molecule has 1 N–H and O–H groups in total. The Morgan fingerprint density at radius 3 is 2.94 bits per heavy atom. The van der Waals surface area contributed by atoms with Crippen LogP contribution in [0.25, 0.3) is 0 Å². The first-order chi connectivity index (χ1) is 7.81. The van der Waals surface area contributed by atoms with Crippen molar-refractivity contribution in [3.63, 3.8) is 0 Å². The van der Waals surface area contributed by atoms with Crippen molar-refractivity contribution in [2.75, 3.05) is 0 Å². The summed E-state index contributed by atoms with van der Waals surface area (Å²) in [5.74, 6) is 1.66. The summed E-state index contributed by atoms with van der Waals surface area (Å²) in [5, 5.41) is 7.16. The molecule has 1 aromatic heterocycles. The third-order valence-corrected chi connectivity index (χ3v) is 4.82. The normalized spacial score (nSPS) is 29.8. The van der Waals surface area contributed by atoms with E-state index in [1.165, 1.54) is 42.8 Å². The van der Waals surface area contributed by atoms with Crippen LogP contribution in [-0.2, 0) is 6.54 Å². The lowest BCUT2D eigenvalue weighted by molar-refractivity contribution is 0.594. The molecule has 2 unspecified atom stereocenters. The van der Waals surface area contributed by atoms with Crippen LogP contribution in [0.5, 0.6) is 0 Å². The number of hydrogen-bond donors (Lipinski definition) is 1. The fraction of sp³-hybridized carbons (Fsp3) is 0.769. The van der Waals surface area contributed by atoms with Gasteiger partial charge in [-0.3, -0.25) is 0 Å². The summed E-state index contributed by atoms with van der Waals surface area (Å²) in [5.41, 5.74) is 1.26. The van der Waals surface area contributed by atoms with Crippen LogP contribution < -0.4 is 5.32 Å². The van der Waals surface area contributed by atoms with Crippen LogP contribution in [-0.4, -0.2) is 11.0 Å². The molecule has 16 heavy (non-hydrogen) atoms. The second-order valence-corrected chi connectivity index (χ2v) is 6.34.